The smallest absolute Gasteiger partial charge is 0.150 e. The summed E-state index contributed by atoms with van der Waals surface area (Å²) < 4.78 is 24.8. The molecule has 0 bridgehead atoms. The van der Waals surface area contributed by atoms with E-state index in [0.717, 1.165) is 54.0 Å². The van der Waals surface area contributed by atoms with Gasteiger partial charge in [0.25, 0.3) is 0 Å². The Kier molecular flexibility index (Phi) is 11.2. The number of halogens is 2. The molecule has 0 saturated carbocycles. The number of benzene rings is 4. The van der Waals surface area contributed by atoms with Crippen molar-refractivity contribution in [2.45, 2.75) is 49.9 Å². The number of hydrogen-bond donors (Lipinski definition) is 1. The lowest BCUT2D eigenvalue weighted by Crippen LogP contribution is -2.43. The maximum Gasteiger partial charge on any atom is 0.150 e. The third-order valence-electron chi connectivity index (χ3n) is 9.36. The fraction of sp³-hybridized carbons (Fsp3) is 0.293. The number of ether oxygens (including phenoxy) is 1. The van der Waals surface area contributed by atoms with Gasteiger partial charge in [0.15, 0.2) is 5.82 Å². The van der Waals surface area contributed by atoms with Crippen LogP contribution in [0.4, 0.5) is 5.82 Å². The highest BCUT2D eigenvalue weighted by Crippen LogP contribution is 2.43. The van der Waals surface area contributed by atoms with E-state index in [1.807, 2.05) is 26.8 Å². The lowest BCUT2D eigenvalue weighted by Gasteiger charge is -2.38. The number of nitrogens with one attached hydrogen (secondary N) is 1. The Bertz CT molecular complexity index is 1810. The van der Waals surface area contributed by atoms with E-state index in [4.69, 9.17) is 33.0 Å². The molecule has 0 spiro atoms. The second-order valence-electron chi connectivity index (χ2n) is 13.6. The number of anilines is 1. The van der Waals surface area contributed by atoms with Crippen molar-refractivity contribution in [3.63, 3.8) is 0 Å². The lowest BCUT2D eigenvalue weighted by atomic mass is 9.77. The van der Waals surface area contributed by atoms with Crippen molar-refractivity contribution in [3.8, 4) is 5.75 Å². The first-order valence-corrected chi connectivity index (χ1v) is 18.9. The topological polar surface area (TPSA) is 59.4 Å². The summed E-state index contributed by atoms with van der Waals surface area (Å²) in [5.74, 6) is 1.69. The monoisotopic (exact) mass is 726 g/mol. The van der Waals surface area contributed by atoms with Crippen LogP contribution in [-0.4, -0.2) is 38.4 Å². The molecule has 5 aromatic rings. The van der Waals surface area contributed by atoms with Crippen molar-refractivity contribution in [1.82, 2.24) is 14.5 Å². The summed E-state index contributed by atoms with van der Waals surface area (Å²) in [5, 5.41) is 6.17. The fourth-order valence-electron chi connectivity index (χ4n) is 6.83. The molecule has 50 heavy (non-hydrogen) atoms. The molecule has 0 radical (unpaired) electrons. The van der Waals surface area contributed by atoms with Crippen LogP contribution in [0.5, 0.6) is 5.75 Å². The Balaban J connectivity index is 1.33. The Morgan fingerprint density at radius 2 is 1.40 bits per heavy atom. The van der Waals surface area contributed by atoms with Gasteiger partial charge in [-0.15, -0.1) is 0 Å². The predicted octanol–water partition coefficient (Wildman–Crippen LogP) is 9.60. The van der Waals surface area contributed by atoms with Crippen molar-refractivity contribution < 1.29 is 8.95 Å². The molecule has 6 nitrogen and oxygen atoms in total. The molecule has 1 saturated heterocycles. The lowest BCUT2D eigenvalue weighted by molar-refractivity contribution is 0.309. The number of hydrogen-bond acceptors (Lipinski definition) is 4. The summed E-state index contributed by atoms with van der Waals surface area (Å²) >= 11 is 13.0. The number of rotatable bonds is 12. The van der Waals surface area contributed by atoms with E-state index in [9.17, 15) is 4.21 Å². The molecule has 4 aromatic carbocycles. The maximum atomic E-state index is 13.6. The minimum Gasteiger partial charge on any atom is -0.489 e. The van der Waals surface area contributed by atoms with Crippen LogP contribution >= 0.6 is 23.2 Å². The van der Waals surface area contributed by atoms with E-state index in [2.05, 4.69) is 124 Å². The van der Waals surface area contributed by atoms with E-state index in [1.54, 1.807) is 12.1 Å². The quantitative estimate of drug-likeness (QED) is 0.103. The largest absolute Gasteiger partial charge is 0.489 e. The van der Waals surface area contributed by atoms with Gasteiger partial charge in [-0.2, -0.15) is 5.10 Å². The summed E-state index contributed by atoms with van der Waals surface area (Å²) in [5.41, 5.74) is 3.55. The van der Waals surface area contributed by atoms with Gasteiger partial charge in [-0.1, -0.05) is 127 Å². The second-order valence-corrected chi connectivity index (χ2v) is 16.4. The summed E-state index contributed by atoms with van der Waals surface area (Å²) in [7, 11) is -1.33. The third-order valence-corrected chi connectivity index (χ3v) is 11.7. The Hall–Kier alpha value is -3.88. The van der Waals surface area contributed by atoms with Crippen LogP contribution in [0.1, 0.15) is 61.9 Å². The average Bonchev–Trinajstić information content (AvgIpc) is 3.63. The molecule has 0 aliphatic carbocycles. The SMILES string of the molecule is C=CCOc1cc(Cl)c(Cl)cc1[C@H](NS(=O)C(C)(C)C)C1CCN(c2ccn(C(c3ccccc3)(c3ccccc3)c3ccccc3)n2)CC1. The zero-order valence-corrected chi connectivity index (χ0v) is 31.1. The molecule has 1 aromatic heterocycles. The van der Waals surface area contributed by atoms with Gasteiger partial charge in [-0.3, -0.25) is 4.68 Å². The van der Waals surface area contributed by atoms with E-state index in [1.165, 1.54) is 0 Å². The highest BCUT2D eigenvalue weighted by molar-refractivity contribution is 7.84. The van der Waals surface area contributed by atoms with Gasteiger partial charge in [0.05, 0.1) is 31.8 Å². The Morgan fingerprint density at radius 3 is 1.90 bits per heavy atom. The summed E-state index contributed by atoms with van der Waals surface area (Å²) in [4.78, 5) is 2.35. The molecule has 9 heteroatoms. The van der Waals surface area contributed by atoms with Crippen molar-refractivity contribution in [2.75, 3.05) is 24.6 Å². The number of nitrogens with zero attached hydrogens (tertiary/aromatic N) is 3. The van der Waals surface area contributed by atoms with E-state index in [-0.39, 0.29) is 12.0 Å². The summed E-state index contributed by atoms with van der Waals surface area (Å²) in [6.45, 7) is 11.6. The average molecular weight is 728 g/mol. The van der Waals surface area contributed by atoms with Gasteiger partial charge in [0.2, 0.25) is 0 Å². The van der Waals surface area contributed by atoms with E-state index < -0.39 is 21.3 Å². The number of piperidine rings is 1. The first-order chi connectivity index (χ1) is 24.1. The second kappa shape index (κ2) is 15.6. The summed E-state index contributed by atoms with van der Waals surface area (Å²) in [6.07, 6.45) is 5.48. The van der Waals surface area contributed by atoms with Crippen molar-refractivity contribution >= 4 is 40.0 Å². The molecular formula is C41H44Cl2N4O2S. The third kappa shape index (κ3) is 7.42. The molecule has 260 valence electrons. The van der Waals surface area contributed by atoms with Crippen molar-refractivity contribution in [3.05, 3.63) is 160 Å². The minimum atomic E-state index is -1.33. The molecule has 1 aliphatic rings. The zero-order valence-electron chi connectivity index (χ0n) is 28.8. The van der Waals surface area contributed by atoms with Crippen LogP contribution in [0.2, 0.25) is 10.0 Å². The standard InChI is InChI=1S/C41H44Cl2N4O2S/c1-5-27-49-37-29-36(43)35(42)28-34(37)39(45-50(48)40(2,3)4)30-21-24-46(25-22-30)38-23-26-47(44-38)41(31-15-9-6-10-16-31,32-17-11-7-12-18-32)33-19-13-8-14-20-33/h5-20,23,26,28-30,39,45H,1,21-22,24-25,27H2,2-4H3/t39-,50?/m1/s1. The van der Waals surface area contributed by atoms with Gasteiger partial charge in [0, 0.05) is 37.0 Å². The molecule has 1 unspecified atom stereocenters. The van der Waals surface area contributed by atoms with Crippen LogP contribution in [0.3, 0.4) is 0 Å². The molecule has 2 atom stereocenters. The van der Waals surface area contributed by atoms with Gasteiger partial charge >= 0.3 is 0 Å². The van der Waals surface area contributed by atoms with Gasteiger partial charge in [0.1, 0.15) is 17.9 Å². The normalized spacial score (nSPS) is 15.4. The van der Waals surface area contributed by atoms with Crippen LogP contribution in [0, 0.1) is 5.92 Å². The maximum absolute atomic E-state index is 13.6. The highest BCUT2D eigenvalue weighted by atomic mass is 35.5. The molecule has 1 fully saturated rings. The summed E-state index contributed by atoms with van der Waals surface area (Å²) in [6, 6.07) is 37.2. The van der Waals surface area contributed by atoms with Crippen LogP contribution in [0.15, 0.2) is 128 Å². The first kappa shape index (κ1) is 35.9. The van der Waals surface area contributed by atoms with Gasteiger partial charge in [-0.05, 0) is 62.3 Å². The fourth-order valence-corrected chi connectivity index (χ4v) is 8.06. The molecule has 2 heterocycles. The molecule has 1 aliphatic heterocycles. The molecule has 1 N–H and O–H groups in total. The van der Waals surface area contributed by atoms with Crippen LogP contribution in [0.25, 0.3) is 0 Å². The molecule has 6 rings (SSSR count). The van der Waals surface area contributed by atoms with Gasteiger partial charge in [-0.25, -0.2) is 8.93 Å². The number of aromatic nitrogens is 2. The molecular weight excluding hydrogens is 683 g/mol. The highest BCUT2D eigenvalue weighted by Gasteiger charge is 2.40. The molecule has 0 amide bonds. The van der Waals surface area contributed by atoms with E-state index >= 15 is 0 Å². The van der Waals surface area contributed by atoms with Crippen molar-refractivity contribution in [2.24, 2.45) is 5.92 Å². The van der Waals surface area contributed by atoms with Crippen LogP contribution in [-0.2, 0) is 16.5 Å². The minimum absolute atomic E-state index is 0.153. The Labute approximate surface area is 308 Å². The predicted molar refractivity (Wildman–Crippen MR) is 208 cm³/mol. The van der Waals surface area contributed by atoms with Crippen molar-refractivity contribution in [1.29, 1.82) is 0 Å². The zero-order chi connectivity index (χ0) is 35.3. The Morgan fingerprint density at radius 1 is 0.880 bits per heavy atom. The van der Waals surface area contributed by atoms with Crippen LogP contribution < -0.4 is 14.4 Å². The van der Waals surface area contributed by atoms with E-state index in [0.29, 0.717) is 22.4 Å². The first-order valence-electron chi connectivity index (χ1n) is 17.0. The van der Waals surface area contributed by atoms with Gasteiger partial charge < -0.3 is 9.64 Å².